The zero-order chi connectivity index (χ0) is 24.4. The fourth-order valence-corrected chi connectivity index (χ4v) is 5.60. The molecule has 3 aromatic heterocycles. The van der Waals surface area contributed by atoms with Crippen molar-refractivity contribution in [3.05, 3.63) is 118 Å². The number of nitro benzene ring substituents is 1. The Morgan fingerprint density at radius 3 is 2.17 bits per heavy atom. The van der Waals surface area contributed by atoms with E-state index in [1.54, 1.807) is 18.3 Å². The molecular formula is C29H17ClN4O2. The molecule has 0 radical (unpaired) electrons. The van der Waals surface area contributed by atoms with Gasteiger partial charge in [0.25, 0.3) is 5.69 Å². The average molecular weight is 489 g/mol. The molecule has 0 fully saturated rings. The van der Waals surface area contributed by atoms with Crippen molar-refractivity contribution >= 4 is 60.9 Å². The maximum Gasteiger partial charge on any atom is 0.294 e. The lowest BCUT2D eigenvalue weighted by atomic mass is 10.1. The van der Waals surface area contributed by atoms with Crippen LogP contribution in [0, 0.1) is 10.1 Å². The van der Waals surface area contributed by atoms with Crippen molar-refractivity contribution in [2.75, 3.05) is 0 Å². The molecule has 4 aromatic carbocycles. The lowest BCUT2D eigenvalue weighted by Crippen LogP contribution is -2.01. The fraction of sp³-hybridized carbons (Fsp3) is 0. The molecule has 0 aliphatic rings. The van der Waals surface area contributed by atoms with Gasteiger partial charge in [-0.2, -0.15) is 0 Å². The number of aromatic nitrogens is 3. The van der Waals surface area contributed by atoms with Gasteiger partial charge in [-0.15, -0.1) is 0 Å². The van der Waals surface area contributed by atoms with Gasteiger partial charge in [0.1, 0.15) is 11.5 Å². The van der Waals surface area contributed by atoms with E-state index in [0.29, 0.717) is 10.7 Å². The van der Waals surface area contributed by atoms with Crippen LogP contribution in [0.3, 0.4) is 0 Å². The zero-order valence-corrected chi connectivity index (χ0v) is 19.6. The Labute approximate surface area is 209 Å². The first-order valence-corrected chi connectivity index (χ1v) is 11.8. The number of benzene rings is 4. The summed E-state index contributed by atoms with van der Waals surface area (Å²) in [5.74, 6) is 0.800. The van der Waals surface area contributed by atoms with Crippen LogP contribution < -0.4 is 0 Å². The Balaban J connectivity index is 1.78. The molecule has 0 saturated carbocycles. The van der Waals surface area contributed by atoms with E-state index in [9.17, 15) is 10.1 Å². The molecule has 0 amide bonds. The fourth-order valence-electron chi connectivity index (χ4n) is 5.35. The van der Waals surface area contributed by atoms with Crippen LogP contribution in [0.25, 0.3) is 55.1 Å². The summed E-state index contributed by atoms with van der Waals surface area (Å²) in [6.07, 6.45) is 1.78. The van der Waals surface area contributed by atoms with Crippen LogP contribution in [0.1, 0.15) is 0 Å². The van der Waals surface area contributed by atoms with Crippen molar-refractivity contribution in [3.8, 4) is 11.5 Å². The number of rotatable bonds is 3. The van der Waals surface area contributed by atoms with Crippen LogP contribution >= 0.6 is 11.6 Å². The lowest BCUT2D eigenvalue weighted by Gasteiger charge is -2.11. The smallest absolute Gasteiger partial charge is 0.294 e. The van der Waals surface area contributed by atoms with Crippen molar-refractivity contribution in [2.45, 2.75) is 0 Å². The Morgan fingerprint density at radius 1 is 0.694 bits per heavy atom. The van der Waals surface area contributed by atoms with E-state index in [1.807, 2.05) is 59.2 Å². The van der Waals surface area contributed by atoms with Gasteiger partial charge < -0.3 is 4.57 Å². The van der Waals surface area contributed by atoms with Crippen LogP contribution in [0.15, 0.2) is 103 Å². The summed E-state index contributed by atoms with van der Waals surface area (Å²) in [6, 6.07) is 30.9. The molecule has 0 bridgehead atoms. The van der Waals surface area contributed by atoms with E-state index in [0.717, 1.165) is 49.4 Å². The normalized spacial score (nSPS) is 11.7. The number of nitro groups is 1. The SMILES string of the molecule is O=[N+]([O-])c1cccc(Cl)c1-n1c2ccccc2c2ccc3c(c4ccccc4n3-c3ccccn3)c21. The van der Waals surface area contributed by atoms with E-state index in [2.05, 4.69) is 33.8 Å². The van der Waals surface area contributed by atoms with Crippen molar-refractivity contribution in [1.29, 1.82) is 0 Å². The molecule has 7 heteroatoms. The summed E-state index contributed by atoms with van der Waals surface area (Å²) in [4.78, 5) is 16.4. The minimum Gasteiger partial charge on any atom is -0.301 e. The molecule has 7 aromatic rings. The Kier molecular flexibility index (Phi) is 4.40. The van der Waals surface area contributed by atoms with Gasteiger partial charge in [-0.1, -0.05) is 66.2 Å². The first-order valence-electron chi connectivity index (χ1n) is 11.4. The standard InChI is InChI=1S/C29H17ClN4O2/c30-21-10-7-13-25(34(35)36)29(21)33-22-11-3-1-8-18(22)19-15-16-24-27(28(19)33)20-9-2-4-12-23(20)32(24)26-14-5-6-17-31-26/h1-17H. The van der Waals surface area contributed by atoms with E-state index in [4.69, 9.17) is 11.6 Å². The van der Waals surface area contributed by atoms with Crippen LogP contribution in [0.4, 0.5) is 5.69 Å². The predicted octanol–water partition coefficient (Wildman–Crippen LogP) is 7.84. The minimum absolute atomic E-state index is 0.0457. The summed E-state index contributed by atoms with van der Waals surface area (Å²) in [5, 5.41) is 16.5. The summed E-state index contributed by atoms with van der Waals surface area (Å²) < 4.78 is 4.08. The van der Waals surface area contributed by atoms with Gasteiger partial charge in [0.2, 0.25) is 0 Å². The van der Waals surface area contributed by atoms with Gasteiger partial charge >= 0.3 is 0 Å². The maximum absolute atomic E-state index is 12.1. The van der Waals surface area contributed by atoms with Crippen LogP contribution in [-0.4, -0.2) is 19.0 Å². The molecule has 0 aliphatic carbocycles. The van der Waals surface area contributed by atoms with E-state index in [1.165, 1.54) is 6.07 Å². The van der Waals surface area contributed by atoms with Crippen LogP contribution in [0.5, 0.6) is 0 Å². The highest BCUT2D eigenvalue weighted by Gasteiger charge is 2.26. The largest absolute Gasteiger partial charge is 0.301 e. The third kappa shape index (κ3) is 2.76. The highest BCUT2D eigenvalue weighted by Crippen LogP contribution is 2.44. The number of nitrogens with zero attached hydrogens (tertiary/aromatic N) is 4. The summed E-state index contributed by atoms with van der Waals surface area (Å²) in [5.41, 5.74) is 4.00. The average Bonchev–Trinajstić information content (AvgIpc) is 3.42. The van der Waals surface area contributed by atoms with Gasteiger partial charge in [-0.3, -0.25) is 14.7 Å². The third-order valence-electron chi connectivity index (χ3n) is 6.73. The number of para-hydroxylation sites is 3. The molecular weight excluding hydrogens is 472 g/mol. The molecule has 36 heavy (non-hydrogen) atoms. The third-order valence-corrected chi connectivity index (χ3v) is 7.04. The van der Waals surface area contributed by atoms with Gasteiger partial charge in [-0.05, 0) is 36.4 Å². The molecule has 0 unspecified atom stereocenters. The molecule has 6 nitrogen and oxygen atoms in total. The summed E-state index contributed by atoms with van der Waals surface area (Å²) in [7, 11) is 0. The van der Waals surface area contributed by atoms with E-state index < -0.39 is 0 Å². The number of hydrogen-bond acceptors (Lipinski definition) is 3. The Bertz CT molecular complexity index is 1990. The first-order chi connectivity index (χ1) is 17.6. The van der Waals surface area contributed by atoms with Crippen LogP contribution in [-0.2, 0) is 0 Å². The number of hydrogen-bond donors (Lipinski definition) is 0. The number of halogens is 1. The highest BCUT2D eigenvalue weighted by atomic mass is 35.5. The van der Waals surface area contributed by atoms with Gasteiger partial charge in [-0.25, -0.2) is 4.98 Å². The van der Waals surface area contributed by atoms with Crippen molar-refractivity contribution in [1.82, 2.24) is 14.1 Å². The zero-order valence-electron chi connectivity index (χ0n) is 18.8. The second-order valence-electron chi connectivity index (χ2n) is 8.61. The first kappa shape index (κ1) is 20.7. The topological polar surface area (TPSA) is 65.9 Å². The van der Waals surface area contributed by atoms with Gasteiger partial charge in [0, 0.05) is 33.8 Å². The molecule has 0 saturated heterocycles. The summed E-state index contributed by atoms with van der Waals surface area (Å²) in [6.45, 7) is 0. The summed E-state index contributed by atoms with van der Waals surface area (Å²) >= 11 is 6.70. The van der Waals surface area contributed by atoms with Gasteiger partial charge in [0.05, 0.1) is 32.0 Å². The number of pyridine rings is 1. The lowest BCUT2D eigenvalue weighted by molar-refractivity contribution is -0.384. The van der Waals surface area contributed by atoms with Crippen molar-refractivity contribution < 1.29 is 4.92 Å². The van der Waals surface area contributed by atoms with Crippen molar-refractivity contribution in [2.24, 2.45) is 0 Å². The van der Waals surface area contributed by atoms with Gasteiger partial charge in [0.15, 0.2) is 0 Å². The monoisotopic (exact) mass is 488 g/mol. The minimum atomic E-state index is -0.376. The molecule has 0 aliphatic heterocycles. The quantitative estimate of drug-likeness (QED) is 0.188. The highest BCUT2D eigenvalue weighted by molar-refractivity contribution is 6.34. The van der Waals surface area contributed by atoms with E-state index in [-0.39, 0.29) is 10.6 Å². The maximum atomic E-state index is 12.1. The second-order valence-corrected chi connectivity index (χ2v) is 9.02. The molecule has 3 heterocycles. The molecule has 0 N–H and O–H groups in total. The Hall–Kier alpha value is -4.68. The van der Waals surface area contributed by atoms with E-state index >= 15 is 0 Å². The molecule has 0 spiro atoms. The molecule has 0 atom stereocenters. The second kappa shape index (κ2) is 7.66. The predicted molar refractivity (Wildman–Crippen MR) is 145 cm³/mol. The molecule has 7 rings (SSSR count). The number of fused-ring (bicyclic) bond motifs is 7. The Morgan fingerprint density at radius 2 is 1.42 bits per heavy atom. The molecule has 172 valence electrons. The van der Waals surface area contributed by atoms with Crippen LogP contribution in [0.2, 0.25) is 5.02 Å². The van der Waals surface area contributed by atoms with Crippen molar-refractivity contribution in [3.63, 3.8) is 0 Å².